The monoisotopic (exact) mass is 358 g/mol. The number of nitrogens with zero attached hydrogens (tertiary/aromatic N) is 3. The van der Waals surface area contributed by atoms with Gasteiger partial charge in [0.25, 0.3) is 0 Å². The Balaban J connectivity index is 1.97. The van der Waals surface area contributed by atoms with Gasteiger partial charge in [-0.1, -0.05) is 12.1 Å². The number of anilines is 1. The standard InChI is InChI=1S/C16H22N8S/c17-16(22-23-18)15-12(2-1-3-13(15)25-19)11-4-5-14(21-10-11)24-8-6-20-7-9-24/h1-5,10,20,23H,6-9,18-19H2,(H2,17,22). The minimum atomic E-state index is 0.275. The van der Waals surface area contributed by atoms with Crippen molar-refractivity contribution < 1.29 is 0 Å². The maximum Gasteiger partial charge on any atom is 0.153 e. The summed E-state index contributed by atoms with van der Waals surface area (Å²) >= 11 is 1.12. The highest BCUT2D eigenvalue weighted by molar-refractivity contribution is 7.97. The molecule has 2 aromatic rings. The maximum absolute atomic E-state index is 6.07. The Labute approximate surface area is 151 Å². The molecule has 0 saturated carbocycles. The van der Waals surface area contributed by atoms with Gasteiger partial charge in [-0.25, -0.2) is 16.4 Å². The second-order valence-electron chi connectivity index (χ2n) is 5.56. The molecule has 132 valence electrons. The van der Waals surface area contributed by atoms with E-state index in [1.54, 1.807) is 0 Å². The van der Waals surface area contributed by atoms with E-state index in [1.165, 1.54) is 0 Å². The summed E-state index contributed by atoms with van der Waals surface area (Å²) in [5.74, 6) is 6.52. The van der Waals surface area contributed by atoms with E-state index in [0.717, 1.165) is 65.5 Å². The van der Waals surface area contributed by atoms with E-state index in [1.807, 2.05) is 36.5 Å². The van der Waals surface area contributed by atoms with Crippen molar-refractivity contribution in [2.24, 2.45) is 21.8 Å². The smallest absolute Gasteiger partial charge is 0.153 e. The molecule has 1 fully saturated rings. The normalized spacial score (nSPS) is 15.3. The summed E-state index contributed by atoms with van der Waals surface area (Å²) < 4.78 is 0. The Hall–Kier alpha value is -2.33. The molecule has 8 nitrogen and oxygen atoms in total. The van der Waals surface area contributed by atoms with Crippen LogP contribution < -0.4 is 32.5 Å². The second-order valence-corrected chi connectivity index (χ2v) is 6.24. The first-order valence-electron chi connectivity index (χ1n) is 7.95. The van der Waals surface area contributed by atoms with Crippen LogP contribution in [0.3, 0.4) is 0 Å². The number of amidine groups is 1. The van der Waals surface area contributed by atoms with E-state index in [0.29, 0.717) is 0 Å². The maximum atomic E-state index is 6.07. The van der Waals surface area contributed by atoms with Crippen molar-refractivity contribution in [1.29, 1.82) is 0 Å². The number of benzene rings is 1. The number of nitrogens with two attached hydrogens (primary N) is 3. The lowest BCUT2D eigenvalue weighted by Gasteiger charge is -2.28. The number of hydrogen-bond donors (Lipinski definition) is 5. The zero-order valence-corrected chi connectivity index (χ0v) is 14.6. The summed E-state index contributed by atoms with van der Waals surface area (Å²) in [5, 5.41) is 13.0. The van der Waals surface area contributed by atoms with Gasteiger partial charge in [0.1, 0.15) is 5.82 Å². The fourth-order valence-electron chi connectivity index (χ4n) is 2.89. The van der Waals surface area contributed by atoms with Gasteiger partial charge < -0.3 is 16.0 Å². The van der Waals surface area contributed by atoms with Crippen LogP contribution in [0.1, 0.15) is 5.56 Å². The van der Waals surface area contributed by atoms with Crippen LogP contribution in [0.2, 0.25) is 0 Å². The molecular weight excluding hydrogens is 336 g/mol. The first-order chi connectivity index (χ1) is 12.2. The van der Waals surface area contributed by atoms with Crippen LogP contribution >= 0.6 is 11.9 Å². The average Bonchev–Trinajstić information content (AvgIpc) is 2.68. The molecule has 0 radical (unpaired) electrons. The van der Waals surface area contributed by atoms with Gasteiger partial charge in [0.2, 0.25) is 0 Å². The van der Waals surface area contributed by atoms with Crippen LogP contribution in [0.25, 0.3) is 11.1 Å². The molecule has 8 N–H and O–H groups in total. The van der Waals surface area contributed by atoms with Gasteiger partial charge in [-0.15, -0.1) is 5.10 Å². The van der Waals surface area contributed by atoms with E-state index in [-0.39, 0.29) is 5.84 Å². The number of aromatic nitrogens is 1. The SMILES string of the molecule is NN/N=C(\N)c1c(SN)cccc1-c1ccc(N2CCNCC2)nc1. The van der Waals surface area contributed by atoms with Crippen molar-refractivity contribution in [1.82, 2.24) is 15.8 Å². The molecule has 0 unspecified atom stereocenters. The predicted octanol–water partition coefficient (Wildman–Crippen LogP) is 0.208. The minimum absolute atomic E-state index is 0.275. The van der Waals surface area contributed by atoms with E-state index in [2.05, 4.69) is 25.8 Å². The van der Waals surface area contributed by atoms with Crippen molar-refractivity contribution in [3.05, 3.63) is 42.1 Å². The van der Waals surface area contributed by atoms with E-state index in [9.17, 15) is 0 Å². The Morgan fingerprint density at radius 1 is 1.24 bits per heavy atom. The molecule has 1 aliphatic heterocycles. The molecule has 1 aromatic carbocycles. The van der Waals surface area contributed by atoms with Crippen molar-refractivity contribution >= 4 is 23.6 Å². The molecule has 0 spiro atoms. The number of piperazine rings is 1. The van der Waals surface area contributed by atoms with E-state index < -0.39 is 0 Å². The van der Waals surface area contributed by atoms with Gasteiger partial charge in [0, 0.05) is 48.4 Å². The molecule has 1 aromatic heterocycles. The van der Waals surface area contributed by atoms with Crippen molar-refractivity contribution in [3.8, 4) is 11.1 Å². The molecule has 1 saturated heterocycles. The zero-order chi connectivity index (χ0) is 17.6. The number of hydrogen-bond acceptors (Lipinski definition) is 8. The number of hydrazone groups is 1. The highest BCUT2D eigenvalue weighted by Crippen LogP contribution is 2.30. The van der Waals surface area contributed by atoms with Crippen LogP contribution in [0.4, 0.5) is 5.82 Å². The summed E-state index contributed by atoms with van der Waals surface area (Å²) in [4.78, 5) is 7.70. The van der Waals surface area contributed by atoms with Crippen LogP contribution in [-0.2, 0) is 0 Å². The summed E-state index contributed by atoms with van der Waals surface area (Å²) in [6.45, 7) is 3.86. The third-order valence-corrected chi connectivity index (χ3v) is 4.69. The molecule has 0 aliphatic carbocycles. The first-order valence-corrected chi connectivity index (χ1v) is 8.83. The molecule has 3 rings (SSSR count). The predicted molar refractivity (Wildman–Crippen MR) is 103 cm³/mol. The largest absolute Gasteiger partial charge is 0.382 e. The van der Waals surface area contributed by atoms with Gasteiger partial charge in [-0.3, -0.25) is 5.14 Å². The highest BCUT2D eigenvalue weighted by Gasteiger charge is 2.16. The number of hydrazine groups is 1. The van der Waals surface area contributed by atoms with Crippen LogP contribution in [0, 0.1) is 0 Å². The molecule has 0 bridgehead atoms. The first kappa shape index (κ1) is 17.5. The Morgan fingerprint density at radius 2 is 2.04 bits per heavy atom. The summed E-state index contributed by atoms with van der Waals surface area (Å²) in [6, 6.07) is 9.86. The van der Waals surface area contributed by atoms with Crippen molar-refractivity contribution in [3.63, 3.8) is 0 Å². The Kier molecular flexibility index (Phi) is 5.71. The summed E-state index contributed by atoms with van der Waals surface area (Å²) in [6.07, 6.45) is 1.85. The molecule has 1 aliphatic rings. The Bertz CT molecular complexity index is 740. The zero-order valence-electron chi connectivity index (χ0n) is 13.8. The van der Waals surface area contributed by atoms with Crippen LogP contribution in [-0.4, -0.2) is 37.0 Å². The van der Waals surface area contributed by atoms with Gasteiger partial charge >= 0.3 is 0 Å². The van der Waals surface area contributed by atoms with E-state index in [4.69, 9.17) is 16.7 Å². The fraction of sp³-hybridized carbons (Fsp3) is 0.250. The lowest BCUT2D eigenvalue weighted by Crippen LogP contribution is -2.43. The van der Waals surface area contributed by atoms with Crippen molar-refractivity contribution in [2.75, 3.05) is 31.1 Å². The molecule has 25 heavy (non-hydrogen) atoms. The quantitative estimate of drug-likeness (QED) is 0.169. The second kappa shape index (κ2) is 8.17. The van der Waals surface area contributed by atoms with Gasteiger partial charge in [0.15, 0.2) is 5.84 Å². The summed E-state index contributed by atoms with van der Waals surface area (Å²) in [7, 11) is 0. The summed E-state index contributed by atoms with van der Waals surface area (Å²) in [5.41, 5.74) is 10.9. The molecule has 0 amide bonds. The molecule has 2 heterocycles. The van der Waals surface area contributed by atoms with E-state index >= 15 is 0 Å². The lowest BCUT2D eigenvalue weighted by atomic mass is 10.0. The topological polar surface area (TPSA) is 131 Å². The van der Waals surface area contributed by atoms with Gasteiger partial charge in [0.05, 0.1) is 0 Å². The van der Waals surface area contributed by atoms with Crippen LogP contribution in [0.15, 0.2) is 46.5 Å². The lowest BCUT2D eigenvalue weighted by molar-refractivity contribution is 0.585. The molecule has 9 heteroatoms. The third kappa shape index (κ3) is 3.85. The van der Waals surface area contributed by atoms with Crippen molar-refractivity contribution in [2.45, 2.75) is 4.90 Å². The minimum Gasteiger partial charge on any atom is -0.382 e. The number of nitrogens with one attached hydrogen (secondary N) is 2. The Morgan fingerprint density at radius 3 is 2.68 bits per heavy atom. The van der Waals surface area contributed by atoms with Gasteiger partial charge in [-0.05, 0) is 35.7 Å². The van der Waals surface area contributed by atoms with Crippen LogP contribution in [0.5, 0.6) is 0 Å². The number of pyridine rings is 1. The fourth-order valence-corrected chi connectivity index (χ4v) is 3.38. The van der Waals surface area contributed by atoms with Gasteiger partial charge in [-0.2, -0.15) is 0 Å². The highest BCUT2D eigenvalue weighted by atomic mass is 32.2. The number of rotatable bonds is 5. The molecule has 0 atom stereocenters. The molecular formula is C16H22N8S. The average molecular weight is 358 g/mol. The third-order valence-electron chi connectivity index (χ3n) is 4.09.